The number of rotatable bonds is 10. The van der Waals surface area contributed by atoms with Crippen LogP contribution in [0.25, 0.3) is 0 Å². The van der Waals surface area contributed by atoms with E-state index < -0.39 is 29.9 Å². The molecule has 37 heavy (non-hydrogen) atoms. The Labute approximate surface area is 216 Å². The average molecular weight is 525 g/mol. The number of benzene rings is 2. The largest absolute Gasteiger partial charge is 0.432 e. The standard InChI is InChI=1S/C30H37F5O2/c1-2-20-5-11-23(12-6-20)24-13-7-21(8-14-24)3-4-22-9-16-26(17-10-22)37-30(34,35)25-15-18-28(27(31)19-25)36-29(32)33/h9-10,15-21,23-24,29H,2-8,11-14H2,1H3. The Morgan fingerprint density at radius 3 is 1.97 bits per heavy atom. The summed E-state index contributed by atoms with van der Waals surface area (Å²) in [6.07, 6.45) is 10.4. The van der Waals surface area contributed by atoms with Crippen molar-refractivity contribution in [2.24, 2.45) is 23.7 Å². The van der Waals surface area contributed by atoms with Gasteiger partial charge in [0, 0.05) is 0 Å². The maximum absolute atomic E-state index is 14.5. The number of hydrogen-bond donors (Lipinski definition) is 0. The van der Waals surface area contributed by atoms with Crippen molar-refractivity contribution in [3.8, 4) is 11.5 Å². The fourth-order valence-corrected chi connectivity index (χ4v) is 6.19. The zero-order chi connectivity index (χ0) is 26.4. The summed E-state index contributed by atoms with van der Waals surface area (Å²) in [5, 5.41) is 0. The van der Waals surface area contributed by atoms with Crippen LogP contribution < -0.4 is 9.47 Å². The van der Waals surface area contributed by atoms with Gasteiger partial charge in [-0.25, -0.2) is 4.39 Å². The summed E-state index contributed by atoms with van der Waals surface area (Å²) < 4.78 is 76.2. The Balaban J connectivity index is 1.23. The molecule has 0 radical (unpaired) electrons. The first-order valence-corrected chi connectivity index (χ1v) is 13.6. The highest BCUT2D eigenvalue weighted by Gasteiger charge is 2.36. The highest BCUT2D eigenvalue weighted by atomic mass is 19.3. The molecule has 0 atom stereocenters. The van der Waals surface area contributed by atoms with Crippen molar-refractivity contribution in [1.29, 1.82) is 0 Å². The molecule has 2 aliphatic rings. The van der Waals surface area contributed by atoms with E-state index in [0.29, 0.717) is 6.07 Å². The minimum atomic E-state index is -3.83. The van der Waals surface area contributed by atoms with Crippen LogP contribution in [-0.4, -0.2) is 6.61 Å². The van der Waals surface area contributed by atoms with Crippen LogP contribution in [-0.2, 0) is 12.5 Å². The third-order valence-electron chi connectivity index (χ3n) is 8.52. The minimum absolute atomic E-state index is 0.0552. The van der Waals surface area contributed by atoms with Crippen molar-refractivity contribution in [1.82, 2.24) is 0 Å². The van der Waals surface area contributed by atoms with Gasteiger partial charge < -0.3 is 9.47 Å². The smallest absolute Gasteiger partial charge is 0.426 e. The van der Waals surface area contributed by atoms with E-state index in [2.05, 4.69) is 11.7 Å². The second-order valence-electron chi connectivity index (χ2n) is 10.8. The van der Waals surface area contributed by atoms with Crippen LogP contribution in [0.15, 0.2) is 42.5 Å². The fourth-order valence-electron chi connectivity index (χ4n) is 6.19. The van der Waals surface area contributed by atoms with Crippen LogP contribution >= 0.6 is 0 Å². The first-order valence-electron chi connectivity index (χ1n) is 13.6. The zero-order valence-electron chi connectivity index (χ0n) is 21.4. The molecule has 0 aromatic heterocycles. The van der Waals surface area contributed by atoms with Gasteiger partial charge >= 0.3 is 12.7 Å². The van der Waals surface area contributed by atoms with E-state index >= 15 is 0 Å². The van der Waals surface area contributed by atoms with Crippen molar-refractivity contribution in [3.63, 3.8) is 0 Å². The van der Waals surface area contributed by atoms with Crippen LogP contribution in [0.3, 0.4) is 0 Å². The van der Waals surface area contributed by atoms with Gasteiger partial charge in [0.05, 0.1) is 5.56 Å². The molecule has 2 aliphatic carbocycles. The van der Waals surface area contributed by atoms with Gasteiger partial charge in [0.2, 0.25) is 0 Å². The summed E-state index contributed by atoms with van der Waals surface area (Å²) in [5.74, 6) is 1.32. The van der Waals surface area contributed by atoms with Crippen LogP contribution in [0.5, 0.6) is 11.5 Å². The molecule has 0 unspecified atom stereocenters. The number of aryl methyl sites for hydroxylation is 1. The van der Waals surface area contributed by atoms with Crippen molar-refractivity contribution >= 4 is 0 Å². The van der Waals surface area contributed by atoms with Gasteiger partial charge in [-0.1, -0.05) is 51.2 Å². The molecule has 7 heteroatoms. The first kappa shape index (κ1) is 27.7. The van der Waals surface area contributed by atoms with Gasteiger partial charge in [-0.3, -0.25) is 0 Å². The zero-order valence-corrected chi connectivity index (χ0v) is 21.4. The Morgan fingerprint density at radius 2 is 1.43 bits per heavy atom. The van der Waals surface area contributed by atoms with Gasteiger partial charge in [-0.05, 0) is 98.1 Å². The molecule has 0 heterocycles. The predicted octanol–water partition coefficient (Wildman–Crippen LogP) is 9.51. The summed E-state index contributed by atoms with van der Waals surface area (Å²) >= 11 is 0. The third kappa shape index (κ3) is 7.61. The number of alkyl halides is 4. The lowest BCUT2D eigenvalue weighted by Crippen LogP contribution is -2.25. The van der Waals surface area contributed by atoms with Gasteiger partial charge in [0.1, 0.15) is 5.75 Å². The van der Waals surface area contributed by atoms with Gasteiger partial charge in [0.15, 0.2) is 11.6 Å². The molecule has 2 saturated carbocycles. The fraction of sp³-hybridized carbons (Fsp3) is 0.600. The molecule has 0 bridgehead atoms. The van der Waals surface area contributed by atoms with Crippen molar-refractivity contribution in [2.45, 2.75) is 90.3 Å². The molecule has 0 aliphatic heterocycles. The van der Waals surface area contributed by atoms with Crippen LogP contribution in [0.1, 0.15) is 82.3 Å². The van der Waals surface area contributed by atoms with E-state index in [0.717, 1.165) is 54.2 Å². The minimum Gasteiger partial charge on any atom is -0.432 e. The molecule has 4 rings (SSSR count). The lowest BCUT2D eigenvalue weighted by atomic mass is 9.68. The van der Waals surface area contributed by atoms with Gasteiger partial charge in [0.25, 0.3) is 0 Å². The molecule has 2 fully saturated rings. The molecule has 2 aromatic rings. The van der Waals surface area contributed by atoms with Crippen LogP contribution in [0, 0.1) is 29.5 Å². The van der Waals surface area contributed by atoms with E-state index in [9.17, 15) is 22.0 Å². The number of hydrogen-bond acceptors (Lipinski definition) is 2. The van der Waals surface area contributed by atoms with Crippen molar-refractivity contribution in [2.75, 3.05) is 0 Å². The Morgan fingerprint density at radius 1 is 0.838 bits per heavy atom. The second-order valence-corrected chi connectivity index (χ2v) is 10.8. The monoisotopic (exact) mass is 524 g/mol. The lowest BCUT2D eigenvalue weighted by Gasteiger charge is -2.37. The van der Waals surface area contributed by atoms with E-state index in [1.807, 2.05) is 0 Å². The van der Waals surface area contributed by atoms with Crippen LogP contribution in [0.2, 0.25) is 0 Å². The normalized spacial score (nSPS) is 24.7. The molecule has 2 aromatic carbocycles. The molecule has 0 spiro atoms. The molecular formula is C30H37F5O2. The lowest BCUT2D eigenvalue weighted by molar-refractivity contribution is -0.185. The van der Waals surface area contributed by atoms with Gasteiger partial charge in [-0.15, -0.1) is 0 Å². The van der Waals surface area contributed by atoms with Gasteiger partial charge in [-0.2, -0.15) is 17.6 Å². The SMILES string of the molecule is CCC1CCC(C2CCC(CCc3ccc(OC(F)(F)c4ccc(OC(F)F)c(F)c4)cc3)CC2)CC1. The maximum Gasteiger partial charge on any atom is 0.426 e. The van der Waals surface area contributed by atoms with E-state index in [-0.39, 0.29) is 5.75 Å². The molecular weight excluding hydrogens is 487 g/mol. The first-order chi connectivity index (χ1) is 17.7. The van der Waals surface area contributed by atoms with Crippen LogP contribution in [0.4, 0.5) is 22.0 Å². The predicted molar refractivity (Wildman–Crippen MR) is 134 cm³/mol. The highest BCUT2D eigenvalue weighted by molar-refractivity contribution is 5.33. The summed E-state index contributed by atoms with van der Waals surface area (Å²) in [6.45, 7) is -0.937. The Bertz CT molecular complexity index is 978. The quantitative estimate of drug-likeness (QED) is 0.288. The number of halogens is 5. The summed E-state index contributed by atoms with van der Waals surface area (Å²) in [7, 11) is 0. The Kier molecular flexibility index (Phi) is 9.36. The maximum atomic E-state index is 14.5. The molecule has 2 nitrogen and oxygen atoms in total. The van der Waals surface area contributed by atoms with Crippen molar-refractivity contribution < 1.29 is 31.4 Å². The molecule has 0 N–H and O–H groups in total. The molecule has 204 valence electrons. The average Bonchev–Trinajstić information content (AvgIpc) is 2.89. The molecule has 0 saturated heterocycles. The molecule has 0 amide bonds. The summed E-state index contributed by atoms with van der Waals surface area (Å²) in [6, 6.07) is 8.51. The van der Waals surface area contributed by atoms with E-state index in [1.165, 1.54) is 69.9 Å². The summed E-state index contributed by atoms with van der Waals surface area (Å²) in [5.41, 5.74) is 0.278. The Hall–Kier alpha value is -2.31. The highest BCUT2D eigenvalue weighted by Crippen LogP contribution is 2.43. The van der Waals surface area contributed by atoms with E-state index in [1.54, 1.807) is 12.1 Å². The topological polar surface area (TPSA) is 18.5 Å². The van der Waals surface area contributed by atoms with Crippen molar-refractivity contribution in [3.05, 3.63) is 59.4 Å². The van der Waals surface area contributed by atoms with E-state index in [4.69, 9.17) is 4.74 Å². The number of ether oxygens (including phenoxy) is 2. The second kappa shape index (κ2) is 12.5. The summed E-state index contributed by atoms with van der Waals surface area (Å²) in [4.78, 5) is 0. The third-order valence-corrected chi connectivity index (χ3v) is 8.52.